The van der Waals surface area contributed by atoms with Gasteiger partial charge < -0.3 is 14.4 Å². The van der Waals surface area contributed by atoms with E-state index in [-0.39, 0.29) is 17.9 Å². The van der Waals surface area contributed by atoms with Crippen LogP contribution in [0.3, 0.4) is 0 Å². The summed E-state index contributed by atoms with van der Waals surface area (Å²) in [5.41, 5.74) is 8.29. The van der Waals surface area contributed by atoms with Crippen LogP contribution in [0.1, 0.15) is 214 Å². The number of hydrogen-bond acceptors (Lipinski definition) is 5. The van der Waals surface area contributed by atoms with Gasteiger partial charge in [0.15, 0.2) is 0 Å². The van der Waals surface area contributed by atoms with Crippen molar-refractivity contribution in [2.45, 2.75) is 214 Å². The van der Waals surface area contributed by atoms with E-state index in [9.17, 15) is 9.59 Å². The van der Waals surface area contributed by atoms with Gasteiger partial charge in [0.1, 0.15) is 0 Å². The Balaban J connectivity index is 3.95. The Morgan fingerprint density at radius 2 is 1.06 bits per heavy atom. The molecule has 0 aliphatic rings. The molecule has 5 nitrogen and oxygen atoms in total. The molecule has 0 aromatic carbocycles. The standard InChI is InChI=1S/C48H87NO4/c1-7-11-26-33-44(5)42-47(50)52-40-31-24-20-16-14-18-22-29-34-45(38-39-49(6)10-4)35-30-23-19-15-17-21-25-32-41-53-48(51)43-46(36-27-12-8-2)37-28-13-9-3/h36,44-46H,2,7,9-11,13-26,28-35,37-43H2,1,3-6H3. The number of carbonyl (C=O) groups is 2. The van der Waals surface area contributed by atoms with E-state index in [1.807, 2.05) is 6.08 Å². The molecule has 0 saturated heterocycles. The van der Waals surface area contributed by atoms with E-state index in [0.717, 1.165) is 51.0 Å². The first-order valence-corrected chi connectivity index (χ1v) is 22.7. The predicted octanol–water partition coefficient (Wildman–Crippen LogP) is 13.9. The molecular weight excluding hydrogens is 655 g/mol. The number of unbranched alkanes of at least 4 members (excludes halogenated alkanes) is 18. The summed E-state index contributed by atoms with van der Waals surface area (Å²) in [5, 5.41) is 0. The van der Waals surface area contributed by atoms with E-state index in [1.54, 1.807) is 0 Å². The van der Waals surface area contributed by atoms with E-state index >= 15 is 0 Å². The quantitative estimate of drug-likeness (QED) is 0.0357. The lowest BCUT2D eigenvalue weighted by molar-refractivity contribution is -0.145. The van der Waals surface area contributed by atoms with Crippen molar-refractivity contribution in [2.24, 2.45) is 17.8 Å². The summed E-state index contributed by atoms with van der Waals surface area (Å²) in [4.78, 5) is 26.9. The lowest BCUT2D eigenvalue weighted by atomic mass is 9.91. The zero-order chi connectivity index (χ0) is 39.0. The lowest BCUT2D eigenvalue weighted by Gasteiger charge is -2.21. The summed E-state index contributed by atoms with van der Waals surface area (Å²) in [6, 6.07) is 0. The SMILES string of the molecule is C=C=C=C=CC(CCCCC)CC(=O)OCCCCCCCCCCC(CCCCCCCCCCOC(=O)CC(C)CCCCC)CCN(C)CC. The van der Waals surface area contributed by atoms with Gasteiger partial charge in [0.05, 0.1) is 19.6 Å². The second kappa shape index (κ2) is 39.7. The van der Waals surface area contributed by atoms with E-state index in [4.69, 9.17) is 9.47 Å². The predicted molar refractivity (Wildman–Crippen MR) is 227 cm³/mol. The topological polar surface area (TPSA) is 55.8 Å². The maximum Gasteiger partial charge on any atom is 0.306 e. The van der Waals surface area contributed by atoms with Crippen LogP contribution in [0.2, 0.25) is 0 Å². The molecule has 0 saturated carbocycles. The van der Waals surface area contributed by atoms with Gasteiger partial charge in [-0.15, -0.1) is 0 Å². The van der Waals surface area contributed by atoms with Crippen molar-refractivity contribution in [3.05, 3.63) is 29.8 Å². The fourth-order valence-electron chi connectivity index (χ4n) is 7.13. The van der Waals surface area contributed by atoms with Crippen LogP contribution in [0, 0.1) is 17.8 Å². The molecule has 0 bridgehead atoms. The van der Waals surface area contributed by atoms with E-state index in [2.05, 4.69) is 63.4 Å². The number of ether oxygens (including phenoxy) is 2. The van der Waals surface area contributed by atoms with Gasteiger partial charge in [-0.1, -0.05) is 187 Å². The molecule has 53 heavy (non-hydrogen) atoms. The first-order valence-electron chi connectivity index (χ1n) is 22.7. The highest BCUT2D eigenvalue weighted by molar-refractivity contribution is 5.70. The Kier molecular flexibility index (Phi) is 38.2. The van der Waals surface area contributed by atoms with E-state index in [0.29, 0.717) is 32.0 Å². The number of nitrogens with zero attached hydrogens (tertiary/aromatic N) is 1. The zero-order valence-corrected chi connectivity index (χ0v) is 35.9. The Morgan fingerprint density at radius 1 is 0.604 bits per heavy atom. The minimum Gasteiger partial charge on any atom is -0.466 e. The molecule has 0 aromatic heterocycles. The van der Waals surface area contributed by atoms with Crippen LogP contribution in [-0.2, 0) is 19.1 Å². The van der Waals surface area contributed by atoms with Gasteiger partial charge in [-0.25, -0.2) is 0 Å². The summed E-state index contributed by atoms with van der Waals surface area (Å²) in [6.45, 7) is 15.9. The average Bonchev–Trinajstić information content (AvgIpc) is 3.14. The second-order valence-electron chi connectivity index (χ2n) is 16.1. The lowest BCUT2D eigenvalue weighted by Crippen LogP contribution is -2.21. The summed E-state index contributed by atoms with van der Waals surface area (Å²) in [6.07, 6.45) is 36.6. The molecule has 5 heteroatoms. The van der Waals surface area contributed by atoms with Crippen LogP contribution in [0.15, 0.2) is 29.8 Å². The van der Waals surface area contributed by atoms with Gasteiger partial charge in [-0.3, -0.25) is 9.59 Å². The highest BCUT2D eigenvalue weighted by atomic mass is 16.5. The van der Waals surface area contributed by atoms with E-state index < -0.39 is 0 Å². The number of hydrogen-bond donors (Lipinski definition) is 0. The van der Waals surface area contributed by atoms with Gasteiger partial charge in [0.25, 0.3) is 0 Å². The minimum absolute atomic E-state index is 0.00326. The smallest absolute Gasteiger partial charge is 0.306 e. The molecule has 0 rings (SSSR count). The summed E-state index contributed by atoms with van der Waals surface area (Å²) in [5.74, 6) is 1.38. The third-order valence-electron chi connectivity index (χ3n) is 10.9. The molecule has 0 amide bonds. The monoisotopic (exact) mass is 742 g/mol. The van der Waals surface area contributed by atoms with Crippen LogP contribution in [-0.4, -0.2) is 50.2 Å². The molecule has 0 radical (unpaired) electrons. The first-order chi connectivity index (χ1) is 25.9. The van der Waals surface area contributed by atoms with Crippen LogP contribution in [0.25, 0.3) is 0 Å². The van der Waals surface area contributed by atoms with Crippen LogP contribution in [0.4, 0.5) is 0 Å². The first kappa shape index (κ1) is 51.0. The third kappa shape index (κ3) is 36.7. The van der Waals surface area contributed by atoms with Gasteiger partial charge in [0, 0.05) is 6.42 Å². The van der Waals surface area contributed by atoms with Crippen LogP contribution in [0.5, 0.6) is 0 Å². The number of rotatable bonds is 39. The zero-order valence-electron chi connectivity index (χ0n) is 35.9. The summed E-state index contributed by atoms with van der Waals surface area (Å²) in [7, 11) is 2.26. The van der Waals surface area contributed by atoms with Gasteiger partial charge in [0.2, 0.25) is 0 Å². The molecule has 0 aliphatic heterocycles. The maximum absolute atomic E-state index is 12.4. The minimum atomic E-state index is -0.0935. The van der Waals surface area contributed by atoms with Crippen LogP contribution < -0.4 is 0 Å². The number of allylic oxidation sites excluding steroid dienone is 1. The van der Waals surface area contributed by atoms with Crippen molar-refractivity contribution < 1.29 is 19.1 Å². The highest BCUT2D eigenvalue weighted by Crippen LogP contribution is 2.23. The molecule has 0 spiro atoms. The van der Waals surface area contributed by atoms with Crippen molar-refractivity contribution in [1.82, 2.24) is 4.90 Å². The Morgan fingerprint density at radius 3 is 1.55 bits per heavy atom. The van der Waals surface area contributed by atoms with Gasteiger partial charge in [-0.2, -0.15) is 0 Å². The van der Waals surface area contributed by atoms with Crippen LogP contribution >= 0.6 is 0 Å². The fraction of sp³-hybridized carbons (Fsp3) is 0.854. The molecule has 0 aliphatic carbocycles. The number of esters is 2. The largest absolute Gasteiger partial charge is 0.466 e. The Hall–Kier alpha value is -2.02. The molecule has 0 N–H and O–H groups in total. The Labute approximate surface area is 329 Å². The molecule has 3 unspecified atom stereocenters. The molecule has 0 aromatic rings. The highest BCUT2D eigenvalue weighted by Gasteiger charge is 2.13. The fourth-order valence-corrected chi connectivity index (χ4v) is 7.13. The molecule has 0 fully saturated rings. The van der Waals surface area contributed by atoms with Crippen molar-refractivity contribution in [1.29, 1.82) is 0 Å². The van der Waals surface area contributed by atoms with Crippen molar-refractivity contribution >= 4 is 11.9 Å². The average molecular weight is 742 g/mol. The normalized spacial score (nSPS) is 12.8. The van der Waals surface area contributed by atoms with Crippen molar-refractivity contribution in [3.8, 4) is 0 Å². The Bertz CT molecular complexity index is 959. The van der Waals surface area contributed by atoms with Gasteiger partial charge in [-0.05, 0) is 82.0 Å². The second-order valence-corrected chi connectivity index (χ2v) is 16.1. The molecule has 308 valence electrons. The summed E-state index contributed by atoms with van der Waals surface area (Å²) < 4.78 is 11.0. The maximum atomic E-state index is 12.4. The molecular formula is C48H87NO4. The summed E-state index contributed by atoms with van der Waals surface area (Å²) >= 11 is 0. The number of carbonyl (C=O) groups excluding carboxylic acids is 2. The molecule has 0 heterocycles. The third-order valence-corrected chi connectivity index (χ3v) is 10.9. The van der Waals surface area contributed by atoms with Crippen molar-refractivity contribution in [2.75, 3.05) is 33.4 Å². The molecule has 3 atom stereocenters. The van der Waals surface area contributed by atoms with Crippen molar-refractivity contribution in [3.63, 3.8) is 0 Å². The van der Waals surface area contributed by atoms with Gasteiger partial charge >= 0.3 is 11.9 Å². The van der Waals surface area contributed by atoms with E-state index in [1.165, 1.54) is 141 Å².